The molecule has 21 heavy (non-hydrogen) atoms. The first kappa shape index (κ1) is 16.3. The van der Waals surface area contributed by atoms with Gasteiger partial charge in [0, 0.05) is 4.47 Å². The Morgan fingerprint density at radius 3 is 2.43 bits per heavy atom. The maximum absolute atomic E-state index is 12.0. The molecule has 0 saturated heterocycles. The molecule has 0 radical (unpaired) electrons. The second-order valence-electron chi connectivity index (χ2n) is 5.46. The number of halogens is 1. The van der Waals surface area contributed by atoms with E-state index < -0.39 is 21.2 Å². The zero-order valence-electron chi connectivity index (χ0n) is 11.4. The molecule has 7 heteroatoms. The molecule has 0 bridgehead atoms. The molecule has 1 aromatic carbocycles. The van der Waals surface area contributed by atoms with Gasteiger partial charge in [-0.05, 0) is 42.5 Å². The zero-order chi connectivity index (χ0) is 15.5. The van der Waals surface area contributed by atoms with Crippen molar-refractivity contribution >= 4 is 31.7 Å². The first-order valence-corrected chi connectivity index (χ1v) is 9.22. The summed E-state index contributed by atoms with van der Waals surface area (Å²) in [5, 5.41) is 8.81. The molecule has 1 aliphatic carbocycles. The van der Waals surface area contributed by atoms with Crippen molar-refractivity contribution in [2.24, 2.45) is 5.41 Å². The minimum Gasteiger partial charge on any atom is -0.493 e. The maximum Gasteiger partial charge on any atom is 0.303 e. The Bertz CT molecular complexity index is 605. The average molecular weight is 377 g/mol. The van der Waals surface area contributed by atoms with Crippen molar-refractivity contribution in [1.29, 1.82) is 0 Å². The van der Waals surface area contributed by atoms with Crippen LogP contribution in [0.25, 0.3) is 0 Å². The number of hydrogen-bond donors (Lipinski definition) is 1. The van der Waals surface area contributed by atoms with E-state index in [1.807, 2.05) is 12.1 Å². The van der Waals surface area contributed by atoms with Crippen LogP contribution in [0.5, 0.6) is 5.75 Å². The molecular formula is C14H17BrO5S. The molecule has 0 aromatic heterocycles. The van der Waals surface area contributed by atoms with Gasteiger partial charge in [0.2, 0.25) is 0 Å². The van der Waals surface area contributed by atoms with Crippen molar-refractivity contribution in [2.45, 2.75) is 19.3 Å². The summed E-state index contributed by atoms with van der Waals surface area (Å²) < 4.78 is 30.4. The van der Waals surface area contributed by atoms with Crippen LogP contribution in [0.2, 0.25) is 0 Å². The van der Waals surface area contributed by atoms with Gasteiger partial charge in [-0.15, -0.1) is 0 Å². The number of sulfone groups is 1. The quantitative estimate of drug-likeness (QED) is 0.753. The summed E-state index contributed by atoms with van der Waals surface area (Å²) in [5.41, 5.74) is -0.539. The Kier molecular flexibility index (Phi) is 4.93. The normalized spacial score (nSPS) is 16.4. The molecule has 0 amide bonds. The van der Waals surface area contributed by atoms with Crippen molar-refractivity contribution in [1.82, 2.24) is 0 Å². The standard InChI is InChI=1S/C14H17BrO5S/c15-11-1-3-12(4-2-11)20-7-8-21(18,19)10-14(5-6-14)9-13(16)17/h1-4H,5-10H2,(H,16,17). The summed E-state index contributed by atoms with van der Waals surface area (Å²) >= 11 is 3.31. The van der Waals surface area contributed by atoms with Gasteiger partial charge in [-0.3, -0.25) is 4.79 Å². The molecule has 116 valence electrons. The van der Waals surface area contributed by atoms with E-state index in [4.69, 9.17) is 9.84 Å². The number of carbonyl (C=O) groups is 1. The second kappa shape index (κ2) is 6.36. The summed E-state index contributed by atoms with van der Waals surface area (Å²) in [5.74, 6) is -0.477. The second-order valence-corrected chi connectivity index (χ2v) is 8.56. The molecule has 0 spiro atoms. The van der Waals surface area contributed by atoms with E-state index in [1.54, 1.807) is 12.1 Å². The van der Waals surface area contributed by atoms with Gasteiger partial charge in [-0.1, -0.05) is 15.9 Å². The lowest BCUT2D eigenvalue weighted by Gasteiger charge is -2.13. The third kappa shape index (κ3) is 5.32. The van der Waals surface area contributed by atoms with Crippen molar-refractivity contribution < 1.29 is 23.1 Å². The van der Waals surface area contributed by atoms with Crippen LogP contribution in [0.15, 0.2) is 28.7 Å². The van der Waals surface area contributed by atoms with Crippen LogP contribution in [-0.4, -0.2) is 37.6 Å². The summed E-state index contributed by atoms with van der Waals surface area (Å²) in [6.07, 6.45) is 1.28. The lowest BCUT2D eigenvalue weighted by molar-refractivity contribution is -0.138. The van der Waals surface area contributed by atoms with Crippen LogP contribution in [0.4, 0.5) is 0 Å². The van der Waals surface area contributed by atoms with Crippen LogP contribution >= 0.6 is 15.9 Å². The highest BCUT2D eigenvalue weighted by Gasteiger charge is 2.47. The zero-order valence-corrected chi connectivity index (χ0v) is 13.8. The highest BCUT2D eigenvalue weighted by Crippen LogP contribution is 2.49. The molecule has 0 atom stereocenters. The van der Waals surface area contributed by atoms with E-state index in [2.05, 4.69) is 15.9 Å². The lowest BCUT2D eigenvalue weighted by Crippen LogP contribution is -2.25. The number of carboxylic acid groups (broad SMARTS) is 1. The van der Waals surface area contributed by atoms with Gasteiger partial charge in [0.15, 0.2) is 9.84 Å². The smallest absolute Gasteiger partial charge is 0.303 e. The number of hydrogen-bond acceptors (Lipinski definition) is 4. The van der Waals surface area contributed by atoms with Crippen LogP contribution in [0.3, 0.4) is 0 Å². The average Bonchev–Trinajstić information content (AvgIpc) is 3.09. The molecule has 0 unspecified atom stereocenters. The fourth-order valence-electron chi connectivity index (χ4n) is 2.23. The van der Waals surface area contributed by atoms with Gasteiger partial charge in [-0.2, -0.15) is 0 Å². The van der Waals surface area contributed by atoms with Crippen LogP contribution in [0.1, 0.15) is 19.3 Å². The summed E-state index contributed by atoms with van der Waals surface area (Å²) in [7, 11) is -3.30. The largest absolute Gasteiger partial charge is 0.493 e. The Balaban J connectivity index is 1.82. The highest BCUT2D eigenvalue weighted by molar-refractivity contribution is 9.10. The SMILES string of the molecule is O=C(O)CC1(CS(=O)(=O)CCOc2ccc(Br)cc2)CC1. The van der Waals surface area contributed by atoms with Gasteiger partial charge < -0.3 is 9.84 Å². The Labute approximate surface area is 132 Å². The topological polar surface area (TPSA) is 80.7 Å². The molecule has 5 nitrogen and oxygen atoms in total. The predicted octanol–water partition coefficient (Wildman–Crippen LogP) is 2.50. The van der Waals surface area contributed by atoms with Crippen LogP contribution in [-0.2, 0) is 14.6 Å². The van der Waals surface area contributed by atoms with Gasteiger partial charge >= 0.3 is 5.97 Å². The van der Waals surface area contributed by atoms with Gasteiger partial charge in [0.25, 0.3) is 0 Å². The number of ether oxygens (including phenoxy) is 1. The van der Waals surface area contributed by atoms with Gasteiger partial charge in [0.1, 0.15) is 12.4 Å². The molecule has 0 aliphatic heterocycles. The van der Waals surface area contributed by atoms with Gasteiger partial charge in [0.05, 0.1) is 17.9 Å². The minimum absolute atomic E-state index is 0.0595. The summed E-state index contributed by atoms with van der Waals surface area (Å²) in [6, 6.07) is 7.14. The monoisotopic (exact) mass is 376 g/mol. The molecule has 1 aromatic rings. The molecular weight excluding hydrogens is 360 g/mol. The Hall–Kier alpha value is -1.08. The van der Waals surface area contributed by atoms with Crippen molar-refractivity contribution in [3.8, 4) is 5.75 Å². The minimum atomic E-state index is -3.30. The third-order valence-corrected chi connectivity index (χ3v) is 5.86. The molecule has 1 saturated carbocycles. The van der Waals surface area contributed by atoms with Crippen LogP contribution < -0.4 is 4.74 Å². The van der Waals surface area contributed by atoms with E-state index in [-0.39, 0.29) is 24.5 Å². The Morgan fingerprint density at radius 1 is 1.29 bits per heavy atom. The molecule has 1 aliphatic rings. The van der Waals surface area contributed by atoms with Crippen molar-refractivity contribution in [3.05, 3.63) is 28.7 Å². The van der Waals surface area contributed by atoms with E-state index in [9.17, 15) is 13.2 Å². The number of carboxylic acids is 1. The highest BCUT2D eigenvalue weighted by atomic mass is 79.9. The third-order valence-electron chi connectivity index (χ3n) is 3.49. The number of aliphatic carboxylic acids is 1. The van der Waals surface area contributed by atoms with Crippen molar-refractivity contribution in [3.63, 3.8) is 0 Å². The molecule has 1 fully saturated rings. The summed E-state index contributed by atoms with van der Waals surface area (Å²) in [6.45, 7) is 0.0765. The first-order chi connectivity index (χ1) is 9.80. The number of rotatable bonds is 8. The maximum atomic E-state index is 12.0. The molecule has 1 N–H and O–H groups in total. The Morgan fingerprint density at radius 2 is 1.90 bits per heavy atom. The summed E-state index contributed by atoms with van der Waals surface area (Å²) in [4.78, 5) is 10.7. The first-order valence-electron chi connectivity index (χ1n) is 6.61. The van der Waals surface area contributed by atoms with Crippen LogP contribution in [0, 0.1) is 5.41 Å². The lowest BCUT2D eigenvalue weighted by atomic mass is 10.1. The van der Waals surface area contributed by atoms with E-state index in [0.717, 1.165) is 4.47 Å². The fourth-order valence-corrected chi connectivity index (χ4v) is 4.30. The van der Waals surface area contributed by atoms with Gasteiger partial charge in [-0.25, -0.2) is 8.42 Å². The molecule has 0 heterocycles. The predicted molar refractivity (Wildman–Crippen MR) is 82.2 cm³/mol. The fraction of sp³-hybridized carbons (Fsp3) is 0.500. The van der Waals surface area contributed by atoms with E-state index >= 15 is 0 Å². The van der Waals surface area contributed by atoms with E-state index in [0.29, 0.717) is 18.6 Å². The molecule has 2 rings (SSSR count). The van der Waals surface area contributed by atoms with E-state index in [1.165, 1.54) is 0 Å². The number of benzene rings is 1. The van der Waals surface area contributed by atoms with Crippen molar-refractivity contribution in [2.75, 3.05) is 18.1 Å².